The van der Waals surface area contributed by atoms with Gasteiger partial charge in [-0.3, -0.25) is 0 Å². The molecule has 0 unspecified atom stereocenters. The van der Waals surface area contributed by atoms with Crippen molar-refractivity contribution in [2.45, 2.75) is 6.61 Å². The Bertz CT molecular complexity index is 395. The van der Waals surface area contributed by atoms with Crippen molar-refractivity contribution < 1.29 is 4.74 Å². The molecule has 0 amide bonds. The lowest BCUT2D eigenvalue weighted by atomic mass is 10.3. The number of rotatable bonds is 3. The summed E-state index contributed by atoms with van der Waals surface area (Å²) < 4.78 is 7.08. The van der Waals surface area contributed by atoms with E-state index in [1.807, 2.05) is 41.1 Å². The number of ether oxygens (including phenoxy) is 1. The van der Waals surface area contributed by atoms with Crippen LogP contribution in [-0.2, 0) is 11.3 Å². The summed E-state index contributed by atoms with van der Waals surface area (Å²) in [6.45, 7) is 0.530. The number of para-hydroxylation sites is 1. The zero-order valence-corrected chi connectivity index (χ0v) is 8.05. The highest BCUT2D eigenvalue weighted by molar-refractivity contribution is 5.32. The number of methoxy groups -OCH3 is 1. The molecule has 0 saturated carbocycles. The second-order valence-electron chi connectivity index (χ2n) is 2.98. The van der Waals surface area contributed by atoms with Crippen LogP contribution in [0.3, 0.4) is 0 Å². The highest BCUT2D eigenvalue weighted by Gasteiger charge is 2.02. The second kappa shape index (κ2) is 4.07. The van der Waals surface area contributed by atoms with Gasteiger partial charge in [0.15, 0.2) is 0 Å². The first-order valence-electron chi connectivity index (χ1n) is 4.48. The highest BCUT2D eigenvalue weighted by Crippen LogP contribution is 2.10. The van der Waals surface area contributed by atoms with Gasteiger partial charge in [0.2, 0.25) is 0 Å². The van der Waals surface area contributed by atoms with Crippen LogP contribution in [0, 0.1) is 0 Å². The van der Waals surface area contributed by atoms with Crippen LogP contribution in [0.25, 0.3) is 5.69 Å². The summed E-state index contributed by atoms with van der Waals surface area (Å²) in [6.07, 6.45) is 3.71. The summed E-state index contributed by atoms with van der Waals surface area (Å²) in [5, 5.41) is 0. The minimum absolute atomic E-state index is 0.530. The predicted octanol–water partition coefficient (Wildman–Crippen LogP) is 2.02. The molecule has 0 atom stereocenters. The van der Waals surface area contributed by atoms with E-state index in [1.54, 1.807) is 13.3 Å². The summed E-state index contributed by atoms with van der Waals surface area (Å²) in [5.41, 5.74) is 1.11. The Balaban J connectivity index is 2.37. The SMILES string of the molecule is COCc1nccn1-c1ccccc1. The maximum Gasteiger partial charge on any atom is 0.139 e. The molecule has 14 heavy (non-hydrogen) atoms. The van der Waals surface area contributed by atoms with E-state index >= 15 is 0 Å². The summed E-state index contributed by atoms with van der Waals surface area (Å²) in [4.78, 5) is 4.22. The maximum absolute atomic E-state index is 5.07. The van der Waals surface area contributed by atoms with Gasteiger partial charge in [-0.05, 0) is 12.1 Å². The quantitative estimate of drug-likeness (QED) is 0.736. The smallest absolute Gasteiger partial charge is 0.139 e. The van der Waals surface area contributed by atoms with E-state index in [4.69, 9.17) is 4.74 Å². The highest BCUT2D eigenvalue weighted by atomic mass is 16.5. The molecule has 1 aromatic heterocycles. The van der Waals surface area contributed by atoms with Gasteiger partial charge < -0.3 is 9.30 Å². The number of imidazole rings is 1. The molecule has 3 heteroatoms. The number of benzene rings is 1. The van der Waals surface area contributed by atoms with E-state index in [-0.39, 0.29) is 0 Å². The molecule has 0 spiro atoms. The Morgan fingerprint density at radius 2 is 2.07 bits per heavy atom. The zero-order chi connectivity index (χ0) is 9.80. The Morgan fingerprint density at radius 1 is 1.29 bits per heavy atom. The maximum atomic E-state index is 5.07. The largest absolute Gasteiger partial charge is 0.377 e. The van der Waals surface area contributed by atoms with Crippen LogP contribution in [0.2, 0.25) is 0 Å². The van der Waals surface area contributed by atoms with Crippen LogP contribution >= 0.6 is 0 Å². The summed E-state index contributed by atoms with van der Waals surface area (Å²) >= 11 is 0. The molecule has 0 radical (unpaired) electrons. The third-order valence-electron chi connectivity index (χ3n) is 2.03. The van der Waals surface area contributed by atoms with E-state index in [1.165, 1.54) is 0 Å². The van der Waals surface area contributed by atoms with Gasteiger partial charge in [-0.1, -0.05) is 18.2 Å². The van der Waals surface area contributed by atoms with Crippen molar-refractivity contribution >= 4 is 0 Å². The van der Waals surface area contributed by atoms with Crippen molar-refractivity contribution in [1.82, 2.24) is 9.55 Å². The molecule has 0 N–H and O–H groups in total. The van der Waals surface area contributed by atoms with Crippen LogP contribution in [0.15, 0.2) is 42.7 Å². The lowest BCUT2D eigenvalue weighted by Gasteiger charge is -2.06. The molecule has 3 nitrogen and oxygen atoms in total. The fraction of sp³-hybridized carbons (Fsp3) is 0.182. The Kier molecular flexibility index (Phi) is 2.60. The fourth-order valence-corrected chi connectivity index (χ4v) is 1.39. The number of nitrogens with zero attached hydrogens (tertiary/aromatic N) is 2. The normalized spacial score (nSPS) is 10.4. The molecule has 0 bridgehead atoms. The first-order chi connectivity index (χ1) is 6.92. The topological polar surface area (TPSA) is 27.1 Å². The molecule has 0 saturated heterocycles. The second-order valence-corrected chi connectivity index (χ2v) is 2.98. The van der Waals surface area contributed by atoms with Crippen molar-refractivity contribution in [2.75, 3.05) is 7.11 Å². The van der Waals surface area contributed by atoms with Gasteiger partial charge in [0.1, 0.15) is 12.4 Å². The fourth-order valence-electron chi connectivity index (χ4n) is 1.39. The molecule has 0 fully saturated rings. The van der Waals surface area contributed by atoms with E-state index in [0.29, 0.717) is 6.61 Å². The van der Waals surface area contributed by atoms with Crippen molar-refractivity contribution in [2.24, 2.45) is 0 Å². The van der Waals surface area contributed by atoms with Gasteiger partial charge in [-0.2, -0.15) is 0 Å². The van der Waals surface area contributed by atoms with Crippen LogP contribution < -0.4 is 0 Å². The molecular weight excluding hydrogens is 176 g/mol. The summed E-state index contributed by atoms with van der Waals surface area (Å²) in [6, 6.07) is 10.1. The van der Waals surface area contributed by atoms with Gasteiger partial charge >= 0.3 is 0 Å². The molecule has 2 rings (SSSR count). The van der Waals surface area contributed by atoms with E-state index in [9.17, 15) is 0 Å². The minimum Gasteiger partial charge on any atom is -0.377 e. The first kappa shape index (κ1) is 8.97. The van der Waals surface area contributed by atoms with Gasteiger partial charge in [-0.25, -0.2) is 4.98 Å². The molecule has 2 aromatic rings. The van der Waals surface area contributed by atoms with Crippen LogP contribution in [0.4, 0.5) is 0 Å². The molecule has 1 heterocycles. The zero-order valence-electron chi connectivity index (χ0n) is 8.05. The molecule has 0 aliphatic carbocycles. The van der Waals surface area contributed by atoms with E-state index in [2.05, 4.69) is 4.98 Å². The lowest BCUT2D eigenvalue weighted by molar-refractivity contribution is 0.176. The summed E-state index contributed by atoms with van der Waals surface area (Å²) in [7, 11) is 1.67. The molecule has 0 aliphatic heterocycles. The first-order valence-corrected chi connectivity index (χ1v) is 4.48. The minimum atomic E-state index is 0.530. The third-order valence-corrected chi connectivity index (χ3v) is 2.03. The standard InChI is InChI=1S/C11H12N2O/c1-14-9-11-12-7-8-13(11)10-5-3-2-4-6-10/h2-8H,9H2,1H3. The van der Waals surface area contributed by atoms with Crippen LogP contribution in [-0.4, -0.2) is 16.7 Å². The van der Waals surface area contributed by atoms with Gasteiger partial charge in [-0.15, -0.1) is 0 Å². The predicted molar refractivity (Wildman–Crippen MR) is 54.3 cm³/mol. The van der Waals surface area contributed by atoms with Gasteiger partial charge in [0.25, 0.3) is 0 Å². The van der Waals surface area contributed by atoms with Crippen molar-refractivity contribution in [3.63, 3.8) is 0 Å². The summed E-state index contributed by atoms with van der Waals surface area (Å²) in [5.74, 6) is 0.915. The van der Waals surface area contributed by atoms with E-state index in [0.717, 1.165) is 11.5 Å². The number of aromatic nitrogens is 2. The van der Waals surface area contributed by atoms with Crippen molar-refractivity contribution in [3.8, 4) is 5.69 Å². The average Bonchev–Trinajstić information content (AvgIpc) is 2.68. The Labute approximate surface area is 83.0 Å². The monoisotopic (exact) mass is 188 g/mol. The van der Waals surface area contributed by atoms with Crippen LogP contribution in [0.1, 0.15) is 5.82 Å². The Hall–Kier alpha value is -1.61. The Morgan fingerprint density at radius 3 is 2.79 bits per heavy atom. The number of hydrogen-bond donors (Lipinski definition) is 0. The molecule has 1 aromatic carbocycles. The molecule has 72 valence electrons. The van der Waals surface area contributed by atoms with Crippen molar-refractivity contribution in [3.05, 3.63) is 48.5 Å². The van der Waals surface area contributed by atoms with Gasteiger partial charge in [0, 0.05) is 25.2 Å². The molecular formula is C11H12N2O. The third kappa shape index (κ3) is 1.67. The molecule has 0 aliphatic rings. The van der Waals surface area contributed by atoms with Crippen molar-refractivity contribution in [1.29, 1.82) is 0 Å². The number of hydrogen-bond acceptors (Lipinski definition) is 2. The lowest BCUT2D eigenvalue weighted by Crippen LogP contribution is -2.01. The van der Waals surface area contributed by atoms with E-state index < -0.39 is 0 Å². The van der Waals surface area contributed by atoms with Crippen LogP contribution in [0.5, 0.6) is 0 Å². The van der Waals surface area contributed by atoms with Gasteiger partial charge in [0.05, 0.1) is 0 Å². The average molecular weight is 188 g/mol.